The number of halogens is 4. The maximum atomic E-state index is 13.2. The van der Waals surface area contributed by atoms with Gasteiger partial charge in [0.2, 0.25) is 5.95 Å². The summed E-state index contributed by atoms with van der Waals surface area (Å²) in [5.41, 5.74) is 3.71. The number of anilines is 3. The number of hydrogen-bond donors (Lipinski definition) is 2. The molecule has 2 heterocycles. The third kappa shape index (κ3) is 2.72. The van der Waals surface area contributed by atoms with Gasteiger partial charge in [-0.15, -0.1) is 0 Å². The zero-order valence-corrected chi connectivity index (χ0v) is 9.37. The van der Waals surface area contributed by atoms with Gasteiger partial charge < -0.3 is 11.1 Å². The van der Waals surface area contributed by atoms with Crippen molar-refractivity contribution < 1.29 is 17.6 Å². The summed E-state index contributed by atoms with van der Waals surface area (Å²) in [7, 11) is 0. The molecule has 0 aliphatic rings. The standard InChI is InChI=1S/C11H8F4N4/c12-9-8(11(13,14)15)6(3-5-17-9)19-7-2-1-4-18-10(7)16/h1-5H,(H2,16,18)(H,17,19). The van der Waals surface area contributed by atoms with Gasteiger partial charge in [-0.2, -0.15) is 17.6 Å². The van der Waals surface area contributed by atoms with Crippen LogP contribution < -0.4 is 11.1 Å². The lowest BCUT2D eigenvalue weighted by Gasteiger charge is -2.15. The molecule has 0 unspecified atom stereocenters. The molecule has 0 aromatic carbocycles. The molecule has 2 aromatic rings. The number of rotatable bonds is 2. The predicted molar refractivity (Wildman–Crippen MR) is 61.1 cm³/mol. The summed E-state index contributed by atoms with van der Waals surface area (Å²) < 4.78 is 51.5. The van der Waals surface area contributed by atoms with Crippen molar-refractivity contribution in [2.24, 2.45) is 0 Å². The lowest BCUT2D eigenvalue weighted by atomic mass is 10.2. The quantitative estimate of drug-likeness (QED) is 0.651. The van der Waals surface area contributed by atoms with Crippen LogP contribution in [0.25, 0.3) is 0 Å². The van der Waals surface area contributed by atoms with Crippen LogP contribution in [0, 0.1) is 5.95 Å². The lowest BCUT2D eigenvalue weighted by Crippen LogP contribution is -2.13. The molecule has 0 aliphatic carbocycles. The van der Waals surface area contributed by atoms with E-state index in [-0.39, 0.29) is 11.5 Å². The summed E-state index contributed by atoms with van der Waals surface area (Å²) >= 11 is 0. The first-order chi connectivity index (χ1) is 8.89. The third-order valence-electron chi connectivity index (χ3n) is 2.30. The number of alkyl halides is 3. The van der Waals surface area contributed by atoms with E-state index in [0.29, 0.717) is 0 Å². The van der Waals surface area contributed by atoms with E-state index in [2.05, 4.69) is 15.3 Å². The van der Waals surface area contributed by atoms with E-state index in [0.717, 1.165) is 12.3 Å². The molecule has 4 nitrogen and oxygen atoms in total. The smallest absolute Gasteiger partial charge is 0.382 e. The summed E-state index contributed by atoms with van der Waals surface area (Å²) in [6.45, 7) is 0. The highest BCUT2D eigenvalue weighted by molar-refractivity contribution is 5.71. The molecule has 8 heteroatoms. The summed E-state index contributed by atoms with van der Waals surface area (Å²) in [6.07, 6.45) is -2.55. The minimum atomic E-state index is -4.86. The highest BCUT2D eigenvalue weighted by Gasteiger charge is 2.38. The first-order valence-electron chi connectivity index (χ1n) is 5.09. The van der Waals surface area contributed by atoms with Gasteiger partial charge in [0.25, 0.3) is 0 Å². The second kappa shape index (κ2) is 4.71. The van der Waals surface area contributed by atoms with Crippen LogP contribution in [-0.2, 0) is 6.18 Å². The first kappa shape index (κ1) is 13.1. The first-order valence-corrected chi connectivity index (χ1v) is 5.09. The Morgan fingerprint density at radius 2 is 1.79 bits per heavy atom. The number of nitrogens with zero attached hydrogens (tertiary/aromatic N) is 2. The van der Waals surface area contributed by atoms with E-state index < -0.39 is 23.4 Å². The van der Waals surface area contributed by atoms with E-state index in [9.17, 15) is 17.6 Å². The van der Waals surface area contributed by atoms with Crippen molar-refractivity contribution in [1.82, 2.24) is 9.97 Å². The maximum Gasteiger partial charge on any atom is 0.422 e. The predicted octanol–water partition coefficient (Wildman–Crippen LogP) is 2.96. The summed E-state index contributed by atoms with van der Waals surface area (Å²) in [5, 5.41) is 2.40. The monoisotopic (exact) mass is 272 g/mol. The number of hydrogen-bond acceptors (Lipinski definition) is 4. The van der Waals surface area contributed by atoms with Gasteiger partial charge in [0.15, 0.2) is 0 Å². The Morgan fingerprint density at radius 3 is 2.42 bits per heavy atom. The molecular formula is C11H8F4N4. The number of nitrogen functional groups attached to an aromatic ring is 1. The Balaban J connectivity index is 2.47. The second-order valence-corrected chi connectivity index (χ2v) is 3.58. The Bertz CT molecular complexity index is 597. The van der Waals surface area contributed by atoms with Gasteiger partial charge >= 0.3 is 6.18 Å². The molecule has 0 spiro atoms. The van der Waals surface area contributed by atoms with Crippen LogP contribution >= 0.6 is 0 Å². The molecule has 0 fully saturated rings. The molecule has 3 N–H and O–H groups in total. The largest absolute Gasteiger partial charge is 0.422 e. The van der Waals surface area contributed by atoms with Gasteiger partial charge in [-0.05, 0) is 18.2 Å². The average molecular weight is 272 g/mol. The van der Waals surface area contributed by atoms with Gasteiger partial charge in [-0.1, -0.05) is 0 Å². The Labute approximate surface area is 105 Å². The molecule has 19 heavy (non-hydrogen) atoms. The van der Waals surface area contributed by atoms with Crippen LogP contribution in [-0.4, -0.2) is 9.97 Å². The van der Waals surface area contributed by atoms with Crippen LogP contribution in [0.5, 0.6) is 0 Å². The van der Waals surface area contributed by atoms with E-state index in [1.807, 2.05) is 0 Å². The maximum absolute atomic E-state index is 13.2. The van der Waals surface area contributed by atoms with E-state index >= 15 is 0 Å². The van der Waals surface area contributed by atoms with Gasteiger partial charge in [0.1, 0.15) is 11.4 Å². The van der Waals surface area contributed by atoms with Gasteiger partial charge in [-0.3, -0.25) is 0 Å². The summed E-state index contributed by atoms with van der Waals surface area (Å²) in [4.78, 5) is 6.71. The van der Waals surface area contributed by atoms with Crippen LogP contribution in [0.1, 0.15) is 5.56 Å². The highest BCUT2D eigenvalue weighted by Crippen LogP contribution is 2.37. The number of pyridine rings is 2. The highest BCUT2D eigenvalue weighted by atomic mass is 19.4. The van der Waals surface area contributed by atoms with Gasteiger partial charge in [0.05, 0.1) is 11.4 Å². The van der Waals surface area contributed by atoms with Crippen LogP contribution in [0.3, 0.4) is 0 Å². The van der Waals surface area contributed by atoms with Gasteiger partial charge in [0, 0.05) is 12.4 Å². The lowest BCUT2D eigenvalue weighted by molar-refractivity contribution is -0.139. The molecule has 0 saturated carbocycles. The SMILES string of the molecule is Nc1ncccc1Nc1ccnc(F)c1C(F)(F)F. The normalized spacial score (nSPS) is 11.4. The van der Waals surface area contributed by atoms with Crippen LogP contribution in [0.2, 0.25) is 0 Å². The van der Waals surface area contributed by atoms with E-state index in [4.69, 9.17) is 5.73 Å². The Kier molecular flexibility index (Phi) is 3.24. The number of nitrogens with two attached hydrogens (primary N) is 1. The van der Waals surface area contributed by atoms with Crippen LogP contribution in [0.4, 0.5) is 34.8 Å². The molecule has 0 radical (unpaired) electrons. The molecule has 2 rings (SSSR count). The molecule has 0 amide bonds. The topological polar surface area (TPSA) is 63.8 Å². The minimum absolute atomic E-state index is 0.00726. The molecule has 2 aromatic heterocycles. The molecule has 0 bridgehead atoms. The fourth-order valence-corrected chi connectivity index (χ4v) is 1.48. The summed E-state index contributed by atoms with van der Waals surface area (Å²) in [6, 6.07) is 3.93. The van der Waals surface area contributed by atoms with Crippen molar-refractivity contribution in [3.63, 3.8) is 0 Å². The average Bonchev–Trinajstić information content (AvgIpc) is 2.30. The molecule has 100 valence electrons. The molecule has 0 atom stereocenters. The van der Waals surface area contributed by atoms with Gasteiger partial charge in [-0.25, -0.2) is 9.97 Å². The zero-order chi connectivity index (χ0) is 14.0. The zero-order valence-electron chi connectivity index (χ0n) is 9.37. The molecular weight excluding hydrogens is 264 g/mol. The Hall–Kier alpha value is -2.38. The third-order valence-corrected chi connectivity index (χ3v) is 2.30. The van der Waals surface area contributed by atoms with Crippen molar-refractivity contribution in [3.05, 3.63) is 42.1 Å². The second-order valence-electron chi connectivity index (χ2n) is 3.58. The minimum Gasteiger partial charge on any atom is -0.382 e. The molecule has 0 aliphatic heterocycles. The van der Waals surface area contributed by atoms with Crippen molar-refractivity contribution in [2.75, 3.05) is 11.1 Å². The van der Waals surface area contributed by atoms with Crippen molar-refractivity contribution in [2.45, 2.75) is 6.18 Å². The van der Waals surface area contributed by atoms with E-state index in [1.165, 1.54) is 18.3 Å². The van der Waals surface area contributed by atoms with Crippen molar-refractivity contribution >= 4 is 17.2 Å². The van der Waals surface area contributed by atoms with E-state index in [1.54, 1.807) is 0 Å². The van der Waals surface area contributed by atoms with Crippen molar-refractivity contribution in [3.8, 4) is 0 Å². The number of aromatic nitrogens is 2. The fraction of sp³-hybridized carbons (Fsp3) is 0.0909. The number of nitrogens with one attached hydrogen (secondary N) is 1. The fourth-order valence-electron chi connectivity index (χ4n) is 1.48. The molecule has 0 saturated heterocycles. The van der Waals surface area contributed by atoms with Crippen molar-refractivity contribution in [1.29, 1.82) is 0 Å². The summed E-state index contributed by atoms with van der Waals surface area (Å²) in [5.74, 6) is -1.59. The Morgan fingerprint density at radius 1 is 1.05 bits per heavy atom. The van der Waals surface area contributed by atoms with Crippen LogP contribution in [0.15, 0.2) is 30.6 Å².